The molecule has 27 heavy (non-hydrogen) atoms. The van der Waals surface area contributed by atoms with Gasteiger partial charge in [-0.15, -0.1) is 0 Å². The quantitative estimate of drug-likeness (QED) is 0.282. The Bertz CT molecular complexity index is 851. The van der Waals surface area contributed by atoms with Crippen molar-refractivity contribution in [1.82, 2.24) is 4.98 Å². The Hall–Kier alpha value is -2.26. The second-order valence-electron chi connectivity index (χ2n) is 5.56. The highest BCUT2D eigenvalue weighted by atomic mass is 127. The van der Waals surface area contributed by atoms with Gasteiger partial charge in [0.05, 0.1) is 36.2 Å². The lowest BCUT2D eigenvalue weighted by atomic mass is 9.96. The number of aromatic nitrogens is 1. The monoisotopic (exact) mass is 481 g/mol. The highest BCUT2D eigenvalue weighted by Gasteiger charge is 2.26. The predicted molar refractivity (Wildman–Crippen MR) is 109 cm³/mol. The molecule has 0 aliphatic carbocycles. The third-order valence-corrected chi connectivity index (χ3v) is 4.60. The summed E-state index contributed by atoms with van der Waals surface area (Å²) in [4.78, 5) is 28.8. The minimum Gasteiger partial charge on any atom is -0.466 e. The van der Waals surface area contributed by atoms with Crippen molar-refractivity contribution in [3.8, 4) is 11.3 Å². The zero-order chi connectivity index (χ0) is 20.0. The Kier molecular flexibility index (Phi) is 7.49. The third-order valence-electron chi connectivity index (χ3n) is 3.88. The first-order valence-electron chi connectivity index (χ1n) is 8.22. The van der Waals surface area contributed by atoms with Gasteiger partial charge >= 0.3 is 11.9 Å². The molecular weight excluding hydrogens is 461 g/mol. The number of hydrogen-bond acceptors (Lipinski definition) is 6. The van der Waals surface area contributed by atoms with Gasteiger partial charge in [-0.1, -0.05) is 59.5 Å². The molecule has 0 spiro atoms. The Morgan fingerprint density at radius 3 is 2.52 bits per heavy atom. The number of halogens is 1. The van der Waals surface area contributed by atoms with Crippen LogP contribution < -0.4 is 0 Å². The fourth-order valence-corrected chi connectivity index (χ4v) is 3.13. The first kappa shape index (κ1) is 21.0. The number of hydrogen-bond donors (Lipinski definition) is 1. The van der Waals surface area contributed by atoms with Gasteiger partial charge in [0.2, 0.25) is 0 Å². The molecule has 2 rings (SSSR count). The summed E-state index contributed by atoms with van der Waals surface area (Å²) in [5, 5.41) is 10.6. The van der Waals surface area contributed by atoms with Crippen molar-refractivity contribution < 1.29 is 24.2 Å². The van der Waals surface area contributed by atoms with Crippen LogP contribution in [0.3, 0.4) is 0 Å². The van der Waals surface area contributed by atoms with Gasteiger partial charge in [0.1, 0.15) is 6.10 Å². The van der Waals surface area contributed by atoms with E-state index in [9.17, 15) is 14.7 Å². The second-order valence-corrected chi connectivity index (χ2v) is 6.32. The zero-order valence-corrected chi connectivity index (χ0v) is 17.2. The molecule has 1 aromatic carbocycles. The average molecular weight is 481 g/mol. The molecule has 2 aromatic rings. The van der Waals surface area contributed by atoms with E-state index in [0.29, 0.717) is 21.4 Å². The summed E-state index contributed by atoms with van der Waals surface area (Å²) >= 11 is 2.11. The molecule has 142 valence electrons. The SMILES string of the molecule is C=C(C(=O)OC)C(O)c1cc(C(=O)OCC)c(-c2ccccc2)nc1CI. The van der Waals surface area contributed by atoms with Crippen LogP contribution in [0.15, 0.2) is 48.6 Å². The van der Waals surface area contributed by atoms with E-state index < -0.39 is 18.0 Å². The van der Waals surface area contributed by atoms with E-state index >= 15 is 0 Å². The van der Waals surface area contributed by atoms with E-state index in [1.54, 1.807) is 6.92 Å². The molecule has 0 amide bonds. The van der Waals surface area contributed by atoms with Gasteiger partial charge in [-0.2, -0.15) is 0 Å². The van der Waals surface area contributed by atoms with Crippen molar-refractivity contribution in [2.45, 2.75) is 17.5 Å². The summed E-state index contributed by atoms with van der Waals surface area (Å²) in [6, 6.07) is 10.7. The largest absolute Gasteiger partial charge is 0.466 e. The second kappa shape index (κ2) is 9.61. The summed E-state index contributed by atoms with van der Waals surface area (Å²) in [6.07, 6.45) is -1.34. The minimum atomic E-state index is -1.34. The fourth-order valence-electron chi connectivity index (χ4n) is 2.52. The summed E-state index contributed by atoms with van der Waals surface area (Å²) in [7, 11) is 1.21. The maximum Gasteiger partial charge on any atom is 0.340 e. The van der Waals surface area contributed by atoms with Crippen LogP contribution in [-0.2, 0) is 18.7 Å². The Morgan fingerprint density at radius 1 is 1.30 bits per heavy atom. The van der Waals surface area contributed by atoms with Gasteiger partial charge in [0.25, 0.3) is 0 Å². The number of aliphatic hydroxyl groups excluding tert-OH is 1. The number of methoxy groups -OCH3 is 1. The van der Waals surface area contributed by atoms with Gasteiger partial charge in [-0.25, -0.2) is 9.59 Å². The first-order valence-corrected chi connectivity index (χ1v) is 9.74. The van der Waals surface area contributed by atoms with E-state index in [1.807, 2.05) is 30.3 Å². The van der Waals surface area contributed by atoms with Gasteiger partial charge in [0.15, 0.2) is 0 Å². The first-order chi connectivity index (χ1) is 12.9. The van der Waals surface area contributed by atoms with Crippen LogP contribution >= 0.6 is 22.6 Å². The summed E-state index contributed by atoms with van der Waals surface area (Å²) in [5.41, 5.74) is 2.15. The summed E-state index contributed by atoms with van der Waals surface area (Å²) in [6.45, 7) is 5.51. The van der Waals surface area contributed by atoms with Gasteiger partial charge in [0, 0.05) is 15.6 Å². The molecule has 0 radical (unpaired) electrons. The fraction of sp³-hybridized carbons (Fsp3) is 0.250. The van der Waals surface area contributed by atoms with Crippen LogP contribution in [-0.4, -0.2) is 35.7 Å². The molecule has 1 N–H and O–H groups in total. The van der Waals surface area contributed by atoms with Crippen molar-refractivity contribution in [3.63, 3.8) is 0 Å². The van der Waals surface area contributed by atoms with Gasteiger partial charge < -0.3 is 14.6 Å². The molecule has 1 heterocycles. The van der Waals surface area contributed by atoms with Crippen LogP contribution in [0.5, 0.6) is 0 Å². The van der Waals surface area contributed by atoms with Crippen molar-refractivity contribution in [1.29, 1.82) is 0 Å². The number of ether oxygens (including phenoxy) is 2. The Morgan fingerprint density at radius 2 is 1.96 bits per heavy atom. The maximum atomic E-state index is 12.5. The standard InChI is InChI=1S/C20H20INO5/c1-4-27-20(25)15-10-14(18(23)12(2)19(24)26-3)16(11-21)22-17(15)13-8-6-5-7-9-13/h5-10,18,23H,2,4,11H2,1,3H3. The Balaban J connectivity index is 2.66. The topological polar surface area (TPSA) is 85.7 Å². The number of esters is 2. The van der Waals surface area contributed by atoms with Crippen molar-refractivity contribution >= 4 is 34.5 Å². The molecular formula is C20H20INO5. The number of carbonyl (C=O) groups excluding carboxylic acids is 2. The number of benzene rings is 1. The maximum absolute atomic E-state index is 12.5. The minimum absolute atomic E-state index is 0.132. The molecule has 1 unspecified atom stereocenters. The molecule has 0 saturated carbocycles. The van der Waals surface area contributed by atoms with Crippen LogP contribution in [0.25, 0.3) is 11.3 Å². The molecule has 0 aliphatic rings. The molecule has 6 nitrogen and oxygen atoms in total. The number of pyridine rings is 1. The van der Waals surface area contributed by atoms with Crippen molar-refractivity contribution in [2.24, 2.45) is 0 Å². The van der Waals surface area contributed by atoms with Crippen molar-refractivity contribution in [3.05, 3.63) is 65.4 Å². The number of carbonyl (C=O) groups is 2. The lowest BCUT2D eigenvalue weighted by Crippen LogP contribution is -2.16. The molecule has 7 heteroatoms. The smallest absolute Gasteiger partial charge is 0.340 e. The molecule has 1 aromatic heterocycles. The van der Waals surface area contributed by atoms with E-state index in [0.717, 1.165) is 5.56 Å². The molecule has 1 atom stereocenters. The van der Waals surface area contributed by atoms with Crippen LogP contribution in [0, 0.1) is 0 Å². The van der Waals surface area contributed by atoms with Crippen molar-refractivity contribution in [2.75, 3.05) is 13.7 Å². The normalized spacial score (nSPS) is 11.6. The highest BCUT2D eigenvalue weighted by molar-refractivity contribution is 14.1. The van der Waals surface area contributed by atoms with E-state index in [1.165, 1.54) is 13.2 Å². The average Bonchev–Trinajstić information content (AvgIpc) is 2.71. The number of rotatable bonds is 7. The number of nitrogens with zero attached hydrogens (tertiary/aromatic N) is 1. The van der Waals surface area contributed by atoms with E-state index in [4.69, 9.17) is 4.74 Å². The number of alkyl halides is 1. The molecule has 0 saturated heterocycles. The summed E-state index contributed by atoms with van der Waals surface area (Å²) < 4.78 is 10.2. The lowest BCUT2D eigenvalue weighted by molar-refractivity contribution is -0.137. The van der Waals surface area contributed by atoms with Crippen LogP contribution in [0.1, 0.15) is 34.6 Å². The number of aliphatic hydroxyl groups is 1. The van der Waals surface area contributed by atoms with E-state index in [2.05, 4.69) is 38.9 Å². The van der Waals surface area contributed by atoms with E-state index in [-0.39, 0.29) is 17.7 Å². The molecule has 0 aliphatic heterocycles. The van der Waals surface area contributed by atoms with Gasteiger partial charge in [-0.05, 0) is 13.0 Å². The molecule has 0 fully saturated rings. The Labute approximate surface area is 171 Å². The zero-order valence-electron chi connectivity index (χ0n) is 15.1. The highest BCUT2D eigenvalue weighted by Crippen LogP contribution is 2.31. The molecule has 0 bridgehead atoms. The third kappa shape index (κ3) is 4.72. The van der Waals surface area contributed by atoms with Crippen LogP contribution in [0.4, 0.5) is 0 Å². The summed E-state index contributed by atoms with van der Waals surface area (Å²) in [5.74, 6) is -1.28. The lowest BCUT2D eigenvalue weighted by Gasteiger charge is -2.18. The van der Waals surface area contributed by atoms with Crippen LogP contribution in [0.2, 0.25) is 0 Å². The predicted octanol–water partition coefficient (Wildman–Crippen LogP) is 3.62. The van der Waals surface area contributed by atoms with Gasteiger partial charge in [-0.3, -0.25) is 4.98 Å².